The summed E-state index contributed by atoms with van der Waals surface area (Å²) in [6.45, 7) is 3.33. The number of pyridine rings is 1. The van der Waals surface area contributed by atoms with E-state index in [0.29, 0.717) is 0 Å². The number of carbonyl (C=O) groups excluding carboxylic acids is 1. The summed E-state index contributed by atoms with van der Waals surface area (Å²) in [7, 11) is 0. The maximum atomic E-state index is 13.8. The minimum Gasteiger partial charge on any atom is -0.420 e. The van der Waals surface area contributed by atoms with Gasteiger partial charge < -0.3 is 4.74 Å². The molecule has 126 valence electrons. The summed E-state index contributed by atoms with van der Waals surface area (Å²) in [6.07, 6.45) is 1.74. The Morgan fingerprint density at radius 3 is 2.20 bits per heavy atom. The SMILES string of the molecule is Cc1ccc(-c2ccc(C(=O)Oc3ccc(C)c(F)c3F)cc2)cn1. The summed E-state index contributed by atoms with van der Waals surface area (Å²) in [6, 6.07) is 13.0. The molecule has 0 N–H and O–H groups in total. The van der Waals surface area contributed by atoms with E-state index >= 15 is 0 Å². The maximum Gasteiger partial charge on any atom is 0.343 e. The van der Waals surface area contributed by atoms with E-state index in [1.165, 1.54) is 19.1 Å². The normalized spacial score (nSPS) is 10.6. The minimum absolute atomic E-state index is 0.147. The molecule has 0 atom stereocenters. The summed E-state index contributed by atoms with van der Waals surface area (Å²) in [5.41, 5.74) is 3.10. The standard InChI is InChI=1S/C20H15F2NO2/c1-12-3-10-17(19(22)18(12)21)25-20(24)15-8-6-14(7-9-15)16-5-4-13(2)23-11-16/h3-11H,1-2H3. The van der Waals surface area contributed by atoms with Gasteiger partial charge in [0.05, 0.1) is 5.56 Å². The molecule has 3 aromatic rings. The summed E-state index contributed by atoms with van der Waals surface area (Å²) < 4.78 is 32.3. The van der Waals surface area contributed by atoms with Crippen LogP contribution in [0.15, 0.2) is 54.7 Å². The first kappa shape index (κ1) is 16.8. The van der Waals surface area contributed by atoms with Gasteiger partial charge in [-0.05, 0) is 49.2 Å². The van der Waals surface area contributed by atoms with Gasteiger partial charge in [0, 0.05) is 17.5 Å². The Labute approximate surface area is 143 Å². The van der Waals surface area contributed by atoms with E-state index in [-0.39, 0.29) is 11.1 Å². The lowest BCUT2D eigenvalue weighted by molar-refractivity contribution is 0.0726. The van der Waals surface area contributed by atoms with E-state index in [2.05, 4.69) is 4.98 Å². The second-order valence-electron chi connectivity index (χ2n) is 5.66. The summed E-state index contributed by atoms with van der Waals surface area (Å²) in [5.74, 6) is -3.38. The minimum atomic E-state index is -1.17. The Morgan fingerprint density at radius 1 is 0.880 bits per heavy atom. The zero-order chi connectivity index (χ0) is 18.0. The van der Waals surface area contributed by atoms with Crippen molar-refractivity contribution < 1.29 is 18.3 Å². The lowest BCUT2D eigenvalue weighted by atomic mass is 10.1. The monoisotopic (exact) mass is 339 g/mol. The van der Waals surface area contributed by atoms with Gasteiger partial charge in [-0.2, -0.15) is 4.39 Å². The number of benzene rings is 2. The molecular weight excluding hydrogens is 324 g/mol. The molecule has 3 nitrogen and oxygen atoms in total. The molecule has 0 bridgehead atoms. The zero-order valence-electron chi connectivity index (χ0n) is 13.7. The Bertz CT molecular complexity index is 920. The zero-order valence-corrected chi connectivity index (χ0v) is 13.7. The molecule has 1 heterocycles. The average molecular weight is 339 g/mol. The molecule has 0 spiro atoms. The van der Waals surface area contributed by atoms with Crippen molar-refractivity contribution >= 4 is 5.97 Å². The van der Waals surface area contributed by atoms with Gasteiger partial charge >= 0.3 is 5.97 Å². The number of nitrogens with zero attached hydrogens (tertiary/aromatic N) is 1. The van der Waals surface area contributed by atoms with Gasteiger partial charge in [-0.15, -0.1) is 0 Å². The van der Waals surface area contributed by atoms with Crippen LogP contribution in [0.1, 0.15) is 21.6 Å². The molecular formula is C20H15F2NO2. The van der Waals surface area contributed by atoms with Crippen LogP contribution < -0.4 is 4.74 Å². The number of aromatic nitrogens is 1. The molecule has 0 amide bonds. The fourth-order valence-corrected chi connectivity index (χ4v) is 2.30. The maximum absolute atomic E-state index is 13.8. The number of carbonyl (C=O) groups is 1. The second-order valence-corrected chi connectivity index (χ2v) is 5.66. The van der Waals surface area contributed by atoms with Gasteiger partial charge in [0.25, 0.3) is 0 Å². The van der Waals surface area contributed by atoms with Crippen LogP contribution in [0.2, 0.25) is 0 Å². The molecule has 1 aromatic heterocycles. The first-order chi connectivity index (χ1) is 12.0. The Hall–Kier alpha value is -3.08. The van der Waals surface area contributed by atoms with Crippen LogP contribution in [0.3, 0.4) is 0 Å². The molecule has 0 saturated carbocycles. The Kier molecular flexibility index (Phi) is 4.57. The fourth-order valence-electron chi connectivity index (χ4n) is 2.30. The van der Waals surface area contributed by atoms with E-state index in [1.54, 1.807) is 30.5 Å². The third kappa shape index (κ3) is 3.55. The number of ether oxygens (including phenoxy) is 1. The molecule has 5 heteroatoms. The summed E-state index contributed by atoms with van der Waals surface area (Å²) in [4.78, 5) is 16.4. The molecule has 0 aliphatic carbocycles. The van der Waals surface area contributed by atoms with Crippen molar-refractivity contribution in [2.24, 2.45) is 0 Å². The number of rotatable bonds is 3. The van der Waals surface area contributed by atoms with Gasteiger partial charge in [-0.1, -0.05) is 24.3 Å². The van der Waals surface area contributed by atoms with Crippen molar-refractivity contribution in [3.05, 3.63) is 83.2 Å². The van der Waals surface area contributed by atoms with Crippen molar-refractivity contribution in [3.8, 4) is 16.9 Å². The molecule has 2 aromatic carbocycles. The lowest BCUT2D eigenvalue weighted by Gasteiger charge is -2.08. The van der Waals surface area contributed by atoms with Crippen molar-refractivity contribution in [3.63, 3.8) is 0 Å². The summed E-state index contributed by atoms with van der Waals surface area (Å²) in [5, 5.41) is 0. The first-order valence-electron chi connectivity index (χ1n) is 7.65. The predicted octanol–water partition coefficient (Wildman–Crippen LogP) is 4.86. The number of hydrogen-bond donors (Lipinski definition) is 0. The Balaban J connectivity index is 1.79. The van der Waals surface area contributed by atoms with E-state index in [1.807, 2.05) is 19.1 Å². The summed E-state index contributed by atoms with van der Waals surface area (Å²) >= 11 is 0. The quantitative estimate of drug-likeness (QED) is 0.505. The third-order valence-electron chi connectivity index (χ3n) is 3.81. The van der Waals surface area contributed by atoms with E-state index in [0.717, 1.165) is 16.8 Å². The number of hydrogen-bond acceptors (Lipinski definition) is 3. The number of esters is 1. The highest BCUT2D eigenvalue weighted by atomic mass is 19.2. The van der Waals surface area contributed by atoms with Gasteiger partial charge in [-0.25, -0.2) is 9.18 Å². The van der Waals surface area contributed by atoms with Gasteiger partial charge in [0.2, 0.25) is 5.82 Å². The fraction of sp³-hybridized carbons (Fsp3) is 0.100. The molecule has 25 heavy (non-hydrogen) atoms. The van der Waals surface area contributed by atoms with Crippen molar-refractivity contribution in [1.29, 1.82) is 0 Å². The molecule has 0 aliphatic heterocycles. The second kappa shape index (κ2) is 6.81. The van der Waals surface area contributed by atoms with E-state index in [4.69, 9.17) is 4.74 Å². The van der Waals surface area contributed by atoms with E-state index < -0.39 is 23.4 Å². The highest BCUT2D eigenvalue weighted by molar-refractivity contribution is 5.91. The molecule has 0 aliphatic rings. The number of halogens is 2. The van der Waals surface area contributed by atoms with Crippen LogP contribution in [0.5, 0.6) is 5.75 Å². The van der Waals surface area contributed by atoms with Crippen LogP contribution in [-0.2, 0) is 0 Å². The van der Waals surface area contributed by atoms with E-state index in [9.17, 15) is 13.6 Å². The van der Waals surface area contributed by atoms with Crippen LogP contribution in [0.25, 0.3) is 11.1 Å². The van der Waals surface area contributed by atoms with Crippen molar-refractivity contribution in [2.75, 3.05) is 0 Å². The smallest absolute Gasteiger partial charge is 0.343 e. The topological polar surface area (TPSA) is 39.2 Å². The first-order valence-corrected chi connectivity index (χ1v) is 7.65. The largest absolute Gasteiger partial charge is 0.420 e. The van der Waals surface area contributed by atoms with Crippen LogP contribution in [-0.4, -0.2) is 11.0 Å². The van der Waals surface area contributed by atoms with Crippen LogP contribution in [0, 0.1) is 25.5 Å². The van der Waals surface area contributed by atoms with Gasteiger partial charge in [0.15, 0.2) is 11.6 Å². The van der Waals surface area contributed by atoms with Crippen LogP contribution in [0.4, 0.5) is 8.78 Å². The molecule has 0 unspecified atom stereocenters. The van der Waals surface area contributed by atoms with Gasteiger partial charge in [0.1, 0.15) is 0 Å². The lowest BCUT2D eigenvalue weighted by Crippen LogP contribution is -2.10. The molecule has 3 rings (SSSR count). The molecule has 0 fully saturated rings. The average Bonchev–Trinajstić information content (AvgIpc) is 2.63. The Morgan fingerprint density at radius 2 is 1.56 bits per heavy atom. The van der Waals surface area contributed by atoms with Crippen LogP contribution >= 0.6 is 0 Å². The van der Waals surface area contributed by atoms with Gasteiger partial charge in [-0.3, -0.25) is 4.98 Å². The highest BCUT2D eigenvalue weighted by Crippen LogP contribution is 2.24. The predicted molar refractivity (Wildman–Crippen MR) is 90.5 cm³/mol. The highest BCUT2D eigenvalue weighted by Gasteiger charge is 2.16. The molecule has 0 radical (unpaired) electrons. The van der Waals surface area contributed by atoms with Crippen molar-refractivity contribution in [2.45, 2.75) is 13.8 Å². The number of aryl methyl sites for hydroxylation is 2. The molecule has 0 saturated heterocycles. The third-order valence-corrected chi connectivity index (χ3v) is 3.81. The van der Waals surface area contributed by atoms with Crippen molar-refractivity contribution in [1.82, 2.24) is 4.98 Å².